The van der Waals surface area contributed by atoms with Crippen LogP contribution < -0.4 is 10.1 Å². The van der Waals surface area contributed by atoms with Gasteiger partial charge in [-0.3, -0.25) is 4.79 Å². The highest BCUT2D eigenvalue weighted by molar-refractivity contribution is 7.88. The fraction of sp³-hybridized carbons (Fsp3) is 0.588. The Morgan fingerprint density at radius 3 is 2.80 bits per heavy atom. The summed E-state index contributed by atoms with van der Waals surface area (Å²) in [6.45, 7) is 3.45. The Kier molecular flexibility index (Phi) is 7.22. The second kappa shape index (κ2) is 9.17. The number of ether oxygens (including phenoxy) is 2. The van der Waals surface area contributed by atoms with E-state index in [2.05, 4.69) is 5.32 Å². The van der Waals surface area contributed by atoms with Crippen LogP contribution in [0.15, 0.2) is 24.3 Å². The molecule has 0 radical (unpaired) electrons. The van der Waals surface area contributed by atoms with Gasteiger partial charge in [-0.25, -0.2) is 8.42 Å². The maximum atomic E-state index is 12.2. The summed E-state index contributed by atoms with van der Waals surface area (Å²) in [4.78, 5) is 12.2. The molecule has 0 aliphatic carbocycles. The van der Waals surface area contributed by atoms with Gasteiger partial charge in [0.05, 0.1) is 24.7 Å². The lowest BCUT2D eigenvalue weighted by Crippen LogP contribution is -2.38. The van der Waals surface area contributed by atoms with Gasteiger partial charge in [-0.15, -0.1) is 0 Å². The number of nitrogens with one attached hydrogen (secondary N) is 1. The molecule has 1 aromatic rings. The molecular formula is C17H26N2O5S. The van der Waals surface area contributed by atoms with Gasteiger partial charge in [0.25, 0.3) is 0 Å². The normalized spacial score (nSPS) is 17.6. The molecule has 0 spiro atoms. The fourth-order valence-corrected chi connectivity index (χ4v) is 3.56. The van der Waals surface area contributed by atoms with Crippen LogP contribution >= 0.6 is 0 Å². The standard InChI is InChI=1S/C17H26N2O5S/c1-3-23-16-9-5-4-8-15(16)18-17(20)10-11-19(25(2,21)22)13-14-7-6-12-24-14/h4-5,8-9,14H,3,6-7,10-13H2,1-2H3,(H,18,20). The smallest absolute Gasteiger partial charge is 0.225 e. The number of sulfonamides is 1. The lowest BCUT2D eigenvalue weighted by molar-refractivity contribution is -0.116. The average molecular weight is 370 g/mol. The quantitative estimate of drug-likeness (QED) is 0.717. The summed E-state index contributed by atoms with van der Waals surface area (Å²) in [5.41, 5.74) is 0.583. The van der Waals surface area contributed by atoms with Gasteiger partial charge in [0.15, 0.2) is 0 Å². The van der Waals surface area contributed by atoms with Gasteiger partial charge in [0.1, 0.15) is 5.75 Å². The van der Waals surface area contributed by atoms with Gasteiger partial charge in [-0.1, -0.05) is 12.1 Å². The minimum atomic E-state index is -3.39. The van der Waals surface area contributed by atoms with E-state index in [1.165, 1.54) is 4.31 Å². The summed E-state index contributed by atoms with van der Waals surface area (Å²) in [6.07, 6.45) is 2.93. The Balaban J connectivity index is 1.92. The molecule has 1 fully saturated rings. The van der Waals surface area contributed by atoms with E-state index in [9.17, 15) is 13.2 Å². The number of hydrogen-bond donors (Lipinski definition) is 1. The highest BCUT2D eigenvalue weighted by atomic mass is 32.2. The number of nitrogens with zero attached hydrogens (tertiary/aromatic N) is 1. The molecule has 1 atom stereocenters. The number of rotatable bonds is 9. The molecule has 8 heteroatoms. The molecule has 7 nitrogen and oxygen atoms in total. The number of para-hydroxylation sites is 2. The van der Waals surface area contributed by atoms with E-state index in [0.717, 1.165) is 19.1 Å². The third kappa shape index (κ3) is 6.30. The highest BCUT2D eigenvalue weighted by Crippen LogP contribution is 2.23. The van der Waals surface area contributed by atoms with Crippen molar-refractivity contribution in [3.63, 3.8) is 0 Å². The van der Waals surface area contributed by atoms with Crippen molar-refractivity contribution in [2.24, 2.45) is 0 Å². The Bertz CT molecular complexity index is 671. The average Bonchev–Trinajstić information content (AvgIpc) is 3.05. The first-order valence-electron chi connectivity index (χ1n) is 8.48. The van der Waals surface area contributed by atoms with Crippen LogP contribution in [0.25, 0.3) is 0 Å². The number of hydrogen-bond acceptors (Lipinski definition) is 5. The Labute approximate surface area is 149 Å². The first-order chi connectivity index (χ1) is 11.9. The third-order valence-electron chi connectivity index (χ3n) is 3.95. The first-order valence-corrected chi connectivity index (χ1v) is 10.3. The summed E-state index contributed by atoms with van der Waals surface area (Å²) in [6, 6.07) is 7.16. The maximum Gasteiger partial charge on any atom is 0.225 e. The van der Waals surface area contributed by atoms with Crippen molar-refractivity contribution in [1.82, 2.24) is 4.31 Å². The minimum Gasteiger partial charge on any atom is -0.492 e. The first kappa shape index (κ1) is 19.7. The number of carbonyl (C=O) groups excluding carboxylic acids is 1. The monoisotopic (exact) mass is 370 g/mol. The summed E-state index contributed by atoms with van der Waals surface area (Å²) in [7, 11) is -3.39. The predicted octanol–water partition coefficient (Wildman–Crippen LogP) is 1.85. The Hall–Kier alpha value is -1.64. The molecule has 1 N–H and O–H groups in total. The van der Waals surface area contributed by atoms with Crippen LogP contribution in [0.1, 0.15) is 26.2 Å². The number of benzene rings is 1. The molecule has 140 valence electrons. The van der Waals surface area contributed by atoms with Gasteiger partial charge in [0.2, 0.25) is 15.9 Å². The van der Waals surface area contributed by atoms with Crippen molar-refractivity contribution in [3.8, 4) is 5.75 Å². The molecule has 1 saturated heterocycles. The van der Waals surface area contributed by atoms with Gasteiger partial charge >= 0.3 is 0 Å². The van der Waals surface area contributed by atoms with Crippen molar-refractivity contribution in [2.45, 2.75) is 32.3 Å². The zero-order chi connectivity index (χ0) is 18.3. The van der Waals surface area contributed by atoms with Crippen LogP contribution in [0.2, 0.25) is 0 Å². The van der Waals surface area contributed by atoms with Gasteiger partial charge < -0.3 is 14.8 Å². The van der Waals surface area contributed by atoms with Crippen molar-refractivity contribution in [1.29, 1.82) is 0 Å². The van der Waals surface area contributed by atoms with Gasteiger partial charge in [-0.2, -0.15) is 4.31 Å². The van der Waals surface area contributed by atoms with E-state index in [0.29, 0.717) is 31.2 Å². The van der Waals surface area contributed by atoms with Crippen molar-refractivity contribution >= 4 is 21.6 Å². The van der Waals surface area contributed by atoms with E-state index in [-0.39, 0.29) is 25.0 Å². The van der Waals surface area contributed by atoms with Crippen LogP contribution in [0.3, 0.4) is 0 Å². The van der Waals surface area contributed by atoms with E-state index >= 15 is 0 Å². The van der Waals surface area contributed by atoms with E-state index in [4.69, 9.17) is 9.47 Å². The number of amides is 1. The molecule has 1 unspecified atom stereocenters. The second-order valence-electron chi connectivity index (χ2n) is 5.98. The summed E-state index contributed by atoms with van der Waals surface area (Å²) < 4.78 is 36.2. The Morgan fingerprint density at radius 2 is 2.16 bits per heavy atom. The lowest BCUT2D eigenvalue weighted by atomic mass is 10.2. The van der Waals surface area contributed by atoms with Crippen molar-refractivity contribution in [3.05, 3.63) is 24.3 Å². The van der Waals surface area contributed by atoms with Crippen LogP contribution in [-0.2, 0) is 19.6 Å². The topological polar surface area (TPSA) is 84.9 Å². The van der Waals surface area contributed by atoms with Crippen LogP contribution in [0.5, 0.6) is 5.75 Å². The van der Waals surface area contributed by atoms with E-state index in [1.54, 1.807) is 18.2 Å². The molecule has 1 amide bonds. The zero-order valence-corrected chi connectivity index (χ0v) is 15.5. The van der Waals surface area contributed by atoms with Crippen molar-refractivity contribution < 1.29 is 22.7 Å². The second-order valence-corrected chi connectivity index (χ2v) is 7.97. The summed E-state index contributed by atoms with van der Waals surface area (Å²) in [5, 5.41) is 2.78. The summed E-state index contributed by atoms with van der Waals surface area (Å²) in [5.74, 6) is 0.339. The minimum absolute atomic E-state index is 0.0697. The van der Waals surface area contributed by atoms with E-state index < -0.39 is 10.0 Å². The van der Waals surface area contributed by atoms with Gasteiger partial charge in [0, 0.05) is 26.1 Å². The largest absolute Gasteiger partial charge is 0.492 e. The van der Waals surface area contributed by atoms with Crippen molar-refractivity contribution in [2.75, 3.05) is 37.9 Å². The molecule has 0 bridgehead atoms. The molecule has 1 heterocycles. The summed E-state index contributed by atoms with van der Waals surface area (Å²) >= 11 is 0. The highest BCUT2D eigenvalue weighted by Gasteiger charge is 2.25. The molecule has 0 saturated carbocycles. The maximum absolute atomic E-state index is 12.2. The lowest BCUT2D eigenvalue weighted by Gasteiger charge is -2.22. The number of carbonyl (C=O) groups is 1. The molecule has 2 rings (SSSR count). The molecular weight excluding hydrogens is 344 g/mol. The van der Waals surface area contributed by atoms with Crippen LogP contribution in [-0.4, -0.2) is 57.3 Å². The SMILES string of the molecule is CCOc1ccccc1NC(=O)CCN(CC1CCCO1)S(C)(=O)=O. The zero-order valence-electron chi connectivity index (χ0n) is 14.7. The van der Waals surface area contributed by atoms with Gasteiger partial charge in [-0.05, 0) is 31.9 Å². The molecule has 0 aromatic heterocycles. The van der Waals surface area contributed by atoms with Crippen LogP contribution in [0.4, 0.5) is 5.69 Å². The molecule has 1 aliphatic rings. The Morgan fingerprint density at radius 1 is 1.40 bits per heavy atom. The third-order valence-corrected chi connectivity index (χ3v) is 5.22. The predicted molar refractivity (Wildman–Crippen MR) is 96.2 cm³/mol. The number of anilines is 1. The van der Waals surface area contributed by atoms with Crippen LogP contribution in [0, 0.1) is 0 Å². The molecule has 1 aliphatic heterocycles. The molecule has 1 aromatic carbocycles. The fourth-order valence-electron chi connectivity index (χ4n) is 2.70. The van der Waals surface area contributed by atoms with E-state index in [1.807, 2.05) is 13.0 Å². The molecule has 25 heavy (non-hydrogen) atoms.